The highest BCUT2D eigenvalue weighted by Gasteiger charge is 2.37. The van der Waals surface area contributed by atoms with Crippen molar-refractivity contribution in [2.75, 3.05) is 33.8 Å². The lowest BCUT2D eigenvalue weighted by molar-refractivity contribution is -0.147. The summed E-state index contributed by atoms with van der Waals surface area (Å²) in [5.74, 6) is 0.0916. The second kappa shape index (κ2) is 7.76. The van der Waals surface area contributed by atoms with Gasteiger partial charge in [-0.1, -0.05) is 6.07 Å². The fourth-order valence-corrected chi connectivity index (χ4v) is 3.29. The molecule has 2 atom stereocenters. The molecule has 1 amide bonds. The van der Waals surface area contributed by atoms with E-state index in [1.54, 1.807) is 17.1 Å². The van der Waals surface area contributed by atoms with Crippen molar-refractivity contribution in [1.82, 2.24) is 24.6 Å². The van der Waals surface area contributed by atoms with E-state index in [-0.39, 0.29) is 18.1 Å². The Bertz CT molecular complexity index is 701. The molecule has 1 aliphatic heterocycles. The Morgan fingerprint density at radius 3 is 2.88 bits per heavy atom. The molecule has 1 aliphatic rings. The Labute approximate surface area is 148 Å². The molecule has 0 radical (unpaired) electrons. The molecule has 3 heterocycles. The molecule has 1 fully saturated rings. The number of aromatic nitrogens is 3. The zero-order valence-electron chi connectivity index (χ0n) is 15.0. The number of amides is 1. The van der Waals surface area contributed by atoms with Crippen LogP contribution in [-0.2, 0) is 23.0 Å². The smallest absolute Gasteiger partial charge is 0.227 e. The summed E-state index contributed by atoms with van der Waals surface area (Å²) in [7, 11) is 5.91. The largest absolute Gasteiger partial charge is 0.373 e. The summed E-state index contributed by atoms with van der Waals surface area (Å²) < 4.78 is 7.78. The van der Waals surface area contributed by atoms with Crippen LogP contribution in [0.25, 0.3) is 0 Å². The number of hydrogen-bond donors (Lipinski definition) is 0. The van der Waals surface area contributed by atoms with Gasteiger partial charge in [0.15, 0.2) is 0 Å². The lowest BCUT2D eigenvalue weighted by atomic mass is 9.99. The van der Waals surface area contributed by atoms with Gasteiger partial charge in [-0.25, -0.2) is 0 Å². The van der Waals surface area contributed by atoms with Crippen molar-refractivity contribution in [2.24, 2.45) is 7.05 Å². The van der Waals surface area contributed by atoms with Crippen molar-refractivity contribution in [2.45, 2.75) is 18.6 Å². The fraction of sp³-hybridized carbons (Fsp3) is 0.500. The summed E-state index contributed by atoms with van der Waals surface area (Å²) in [5.41, 5.74) is 1.93. The normalized spacial score (nSPS) is 20.9. The highest BCUT2D eigenvalue weighted by molar-refractivity contribution is 5.79. The molecule has 2 aromatic rings. The number of likely N-dealkylation sites (N-methyl/N-ethyl adjacent to an activating group) is 1. The first-order valence-corrected chi connectivity index (χ1v) is 8.48. The average Bonchev–Trinajstić information content (AvgIpc) is 3.01. The standard InChI is InChI=1S/C18H25N5O2/c1-21(2)13-16-18(15-11-20-22(3)12-15)23(7-8-25-16)17(24)9-14-5-4-6-19-10-14/h4-6,10-12,16,18H,7-9,13H2,1-3H3/t16-,18-/m0/s1. The van der Waals surface area contributed by atoms with E-state index in [1.165, 1.54) is 0 Å². The maximum atomic E-state index is 13.0. The molecule has 0 spiro atoms. The summed E-state index contributed by atoms with van der Waals surface area (Å²) >= 11 is 0. The maximum Gasteiger partial charge on any atom is 0.227 e. The van der Waals surface area contributed by atoms with Gasteiger partial charge in [0.25, 0.3) is 0 Å². The Morgan fingerprint density at radius 2 is 2.24 bits per heavy atom. The number of morpholine rings is 1. The number of carbonyl (C=O) groups excluding carboxylic acids is 1. The van der Waals surface area contributed by atoms with Gasteiger partial charge in [0, 0.05) is 44.3 Å². The number of ether oxygens (including phenoxy) is 1. The Morgan fingerprint density at radius 1 is 1.40 bits per heavy atom. The molecule has 1 saturated heterocycles. The SMILES string of the molecule is CN(C)C[C@@H]1OCCN(C(=O)Cc2cccnc2)[C@H]1c1cnn(C)c1. The molecule has 2 aromatic heterocycles. The van der Waals surface area contributed by atoms with E-state index in [9.17, 15) is 4.79 Å². The Balaban J connectivity index is 1.85. The van der Waals surface area contributed by atoms with E-state index in [0.717, 1.165) is 17.7 Å². The summed E-state index contributed by atoms with van der Waals surface area (Å²) in [6, 6.07) is 3.66. The summed E-state index contributed by atoms with van der Waals surface area (Å²) in [5, 5.41) is 4.28. The van der Waals surface area contributed by atoms with Gasteiger partial charge in [-0.15, -0.1) is 0 Å². The van der Waals surface area contributed by atoms with Gasteiger partial charge in [-0.2, -0.15) is 5.10 Å². The minimum Gasteiger partial charge on any atom is -0.373 e. The van der Waals surface area contributed by atoms with Crippen molar-refractivity contribution in [1.29, 1.82) is 0 Å². The molecule has 0 unspecified atom stereocenters. The minimum atomic E-state index is -0.131. The van der Waals surface area contributed by atoms with Crippen molar-refractivity contribution in [3.05, 3.63) is 48.0 Å². The fourth-order valence-electron chi connectivity index (χ4n) is 3.29. The molecule has 3 rings (SSSR count). The lowest BCUT2D eigenvalue weighted by Crippen LogP contribution is -2.51. The van der Waals surface area contributed by atoms with Gasteiger partial charge in [-0.05, 0) is 25.7 Å². The van der Waals surface area contributed by atoms with Crippen LogP contribution in [0.4, 0.5) is 0 Å². The predicted molar refractivity (Wildman–Crippen MR) is 93.9 cm³/mol. The van der Waals surface area contributed by atoms with Gasteiger partial charge in [0.05, 0.1) is 31.4 Å². The summed E-state index contributed by atoms with van der Waals surface area (Å²) in [6.45, 7) is 1.88. The van der Waals surface area contributed by atoms with Crippen molar-refractivity contribution in [3.63, 3.8) is 0 Å². The number of pyridine rings is 1. The quantitative estimate of drug-likeness (QED) is 0.807. The average molecular weight is 343 g/mol. The van der Waals surface area contributed by atoms with Gasteiger partial charge in [0.1, 0.15) is 0 Å². The zero-order valence-corrected chi connectivity index (χ0v) is 15.0. The number of rotatable bonds is 5. The number of nitrogens with zero attached hydrogens (tertiary/aromatic N) is 5. The molecule has 7 heteroatoms. The molecule has 0 bridgehead atoms. The molecule has 134 valence electrons. The van der Waals surface area contributed by atoms with E-state index >= 15 is 0 Å². The third-order valence-corrected chi connectivity index (χ3v) is 4.36. The first-order chi connectivity index (χ1) is 12.0. The molecule has 0 aromatic carbocycles. The highest BCUT2D eigenvalue weighted by atomic mass is 16.5. The van der Waals surface area contributed by atoms with Crippen LogP contribution in [0.3, 0.4) is 0 Å². The van der Waals surface area contributed by atoms with Crippen LogP contribution in [0, 0.1) is 0 Å². The van der Waals surface area contributed by atoms with Crippen LogP contribution in [0.5, 0.6) is 0 Å². The van der Waals surface area contributed by atoms with Gasteiger partial charge < -0.3 is 14.5 Å². The third kappa shape index (κ3) is 4.24. The van der Waals surface area contributed by atoms with Crippen molar-refractivity contribution >= 4 is 5.91 Å². The first kappa shape index (κ1) is 17.6. The minimum absolute atomic E-state index is 0.0780. The number of hydrogen-bond acceptors (Lipinski definition) is 5. The van der Waals surface area contributed by atoms with Crippen LogP contribution in [0.15, 0.2) is 36.9 Å². The van der Waals surface area contributed by atoms with Gasteiger partial charge >= 0.3 is 0 Å². The van der Waals surface area contributed by atoms with E-state index in [2.05, 4.69) is 15.0 Å². The molecule has 0 saturated carbocycles. The van der Waals surface area contributed by atoms with Crippen molar-refractivity contribution in [3.8, 4) is 0 Å². The van der Waals surface area contributed by atoms with E-state index in [4.69, 9.17) is 4.74 Å². The molecular formula is C18H25N5O2. The van der Waals surface area contributed by atoms with Crippen LogP contribution in [-0.4, -0.2) is 70.4 Å². The van der Waals surface area contributed by atoms with Gasteiger partial charge in [0.2, 0.25) is 5.91 Å². The maximum absolute atomic E-state index is 13.0. The molecule has 0 N–H and O–H groups in total. The van der Waals surface area contributed by atoms with E-state index < -0.39 is 0 Å². The second-order valence-electron chi connectivity index (χ2n) is 6.69. The Hall–Kier alpha value is -2.25. The monoisotopic (exact) mass is 343 g/mol. The number of carbonyl (C=O) groups is 1. The first-order valence-electron chi connectivity index (χ1n) is 8.48. The lowest BCUT2D eigenvalue weighted by Gasteiger charge is -2.42. The zero-order chi connectivity index (χ0) is 17.8. The van der Waals surface area contributed by atoms with E-state index in [0.29, 0.717) is 19.6 Å². The summed E-state index contributed by atoms with van der Waals surface area (Å²) in [6.07, 6.45) is 7.52. The highest BCUT2D eigenvalue weighted by Crippen LogP contribution is 2.30. The topological polar surface area (TPSA) is 63.5 Å². The van der Waals surface area contributed by atoms with E-state index in [1.807, 2.05) is 50.6 Å². The predicted octanol–water partition coefficient (Wildman–Crippen LogP) is 0.888. The molecule has 0 aliphatic carbocycles. The van der Waals surface area contributed by atoms with Crippen LogP contribution in [0.2, 0.25) is 0 Å². The molecule has 7 nitrogen and oxygen atoms in total. The van der Waals surface area contributed by atoms with Crippen LogP contribution >= 0.6 is 0 Å². The molecular weight excluding hydrogens is 318 g/mol. The Kier molecular flexibility index (Phi) is 5.45. The van der Waals surface area contributed by atoms with Crippen LogP contribution < -0.4 is 0 Å². The summed E-state index contributed by atoms with van der Waals surface area (Å²) in [4.78, 5) is 21.1. The third-order valence-electron chi connectivity index (χ3n) is 4.36. The van der Waals surface area contributed by atoms with Crippen molar-refractivity contribution < 1.29 is 9.53 Å². The van der Waals surface area contributed by atoms with Crippen LogP contribution in [0.1, 0.15) is 17.2 Å². The second-order valence-corrected chi connectivity index (χ2v) is 6.69. The van der Waals surface area contributed by atoms with Gasteiger partial charge in [-0.3, -0.25) is 14.5 Å². The number of aryl methyl sites for hydroxylation is 1. The molecule has 25 heavy (non-hydrogen) atoms.